The van der Waals surface area contributed by atoms with Crippen LogP contribution in [-0.4, -0.2) is 30.1 Å². The third-order valence-corrected chi connectivity index (χ3v) is 3.88. The summed E-state index contributed by atoms with van der Waals surface area (Å²) in [6.07, 6.45) is 1.34. The summed E-state index contributed by atoms with van der Waals surface area (Å²) >= 11 is 0. The molecule has 1 aromatic heterocycles. The minimum atomic E-state index is -0.379. The zero-order chi connectivity index (χ0) is 19.2. The van der Waals surface area contributed by atoms with E-state index in [9.17, 15) is 4.79 Å². The second-order valence-corrected chi connectivity index (χ2v) is 5.80. The lowest BCUT2D eigenvalue weighted by Crippen LogP contribution is -2.15. The number of aromatic nitrogens is 2. The molecule has 2 aromatic carbocycles. The lowest BCUT2D eigenvalue weighted by molar-refractivity contribution is 0.102. The molecule has 1 heterocycles. The highest BCUT2D eigenvalue weighted by atomic mass is 16.5. The molecule has 0 saturated carbocycles. The fourth-order valence-electron chi connectivity index (χ4n) is 2.43. The average molecular weight is 364 g/mol. The number of ether oxygens (including phenoxy) is 2. The molecule has 138 valence electrons. The highest BCUT2D eigenvalue weighted by molar-refractivity contribution is 6.04. The van der Waals surface area contributed by atoms with Gasteiger partial charge in [0, 0.05) is 17.8 Å². The number of aryl methyl sites for hydroxylation is 1. The molecule has 0 unspecified atom stereocenters. The van der Waals surface area contributed by atoms with E-state index in [1.807, 2.05) is 31.2 Å². The molecule has 0 fully saturated rings. The molecule has 0 atom stereocenters. The molecule has 3 rings (SSSR count). The van der Waals surface area contributed by atoms with Crippen LogP contribution < -0.4 is 20.1 Å². The van der Waals surface area contributed by atoms with Gasteiger partial charge in [-0.3, -0.25) is 4.79 Å². The molecular formula is C20H20N4O3. The maximum atomic E-state index is 12.6. The summed E-state index contributed by atoms with van der Waals surface area (Å²) in [6, 6.07) is 14.6. The molecule has 7 nitrogen and oxygen atoms in total. The van der Waals surface area contributed by atoms with E-state index in [0.29, 0.717) is 23.0 Å². The van der Waals surface area contributed by atoms with Crippen molar-refractivity contribution < 1.29 is 14.3 Å². The Kier molecular flexibility index (Phi) is 5.51. The summed E-state index contributed by atoms with van der Waals surface area (Å²) in [4.78, 5) is 20.8. The lowest BCUT2D eigenvalue weighted by atomic mass is 10.2. The first-order valence-corrected chi connectivity index (χ1v) is 8.28. The van der Waals surface area contributed by atoms with Crippen LogP contribution in [0.15, 0.2) is 54.9 Å². The number of hydrogen-bond acceptors (Lipinski definition) is 6. The van der Waals surface area contributed by atoms with Gasteiger partial charge < -0.3 is 20.1 Å². The van der Waals surface area contributed by atoms with Crippen LogP contribution in [0, 0.1) is 6.92 Å². The van der Waals surface area contributed by atoms with E-state index < -0.39 is 0 Å². The number of benzene rings is 2. The SMILES string of the molecule is COc1ccc(OC)c(NC(=O)c2cc(Nc3ccc(C)cc3)ncn2)c1. The van der Waals surface area contributed by atoms with Crippen molar-refractivity contribution in [3.05, 3.63) is 66.1 Å². The van der Waals surface area contributed by atoms with Gasteiger partial charge in [-0.25, -0.2) is 9.97 Å². The Morgan fingerprint density at radius 1 is 0.963 bits per heavy atom. The largest absolute Gasteiger partial charge is 0.497 e. The first-order valence-electron chi connectivity index (χ1n) is 8.28. The quantitative estimate of drug-likeness (QED) is 0.692. The minimum Gasteiger partial charge on any atom is -0.497 e. The molecule has 3 aromatic rings. The van der Waals surface area contributed by atoms with Crippen LogP contribution >= 0.6 is 0 Å². The van der Waals surface area contributed by atoms with Crippen LogP contribution in [0.5, 0.6) is 11.5 Å². The van der Waals surface area contributed by atoms with Crippen molar-refractivity contribution in [2.75, 3.05) is 24.9 Å². The number of hydrogen-bond donors (Lipinski definition) is 2. The van der Waals surface area contributed by atoms with Gasteiger partial charge in [0.2, 0.25) is 0 Å². The van der Waals surface area contributed by atoms with Crippen LogP contribution in [-0.2, 0) is 0 Å². The van der Waals surface area contributed by atoms with Gasteiger partial charge in [0.1, 0.15) is 29.3 Å². The second kappa shape index (κ2) is 8.18. The number of carbonyl (C=O) groups excluding carboxylic acids is 1. The smallest absolute Gasteiger partial charge is 0.274 e. The van der Waals surface area contributed by atoms with E-state index in [0.717, 1.165) is 11.3 Å². The summed E-state index contributed by atoms with van der Waals surface area (Å²) in [5.41, 5.74) is 2.76. The van der Waals surface area contributed by atoms with E-state index in [1.54, 1.807) is 31.4 Å². The number of carbonyl (C=O) groups is 1. The van der Waals surface area contributed by atoms with Gasteiger partial charge in [-0.1, -0.05) is 17.7 Å². The monoisotopic (exact) mass is 364 g/mol. The van der Waals surface area contributed by atoms with E-state index in [4.69, 9.17) is 9.47 Å². The molecule has 0 aliphatic carbocycles. The van der Waals surface area contributed by atoms with Gasteiger partial charge in [0.25, 0.3) is 5.91 Å². The van der Waals surface area contributed by atoms with Crippen molar-refractivity contribution in [2.45, 2.75) is 6.92 Å². The summed E-state index contributed by atoms with van der Waals surface area (Å²) in [6.45, 7) is 2.02. The van der Waals surface area contributed by atoms with Crippen LogP contribution in [0.2, 0.25) is 0 Å². The van der Waals surface area contributed by atoms with Crippen molar-refractivity contribution in [1.29, 1.82) is 0 Å². The number of rotatable bonds is 6. The number of nitrogens with zero attached hydrogens (tertiary/aromatic N) is 2. The first kappa shape index (κ1) is 18.2. The predicted octanol–water partition coefficient (Wildman–Crippen LogP) is 3.80. The number of anilines is 3. The van der Waals surface area contributed by atoms with Crippen LogP contribution in [0.25, 0.3) is 0 Å². The molecule has 0 radical (unpaired) electrons. The Morgan fingerprint density at radius 3 is 2.44 bits per heavy atom. The Morgan fingerprint density at radius 2 is 1.74 bits per heavy atom. The van der Waals surface area contributed by atoms with Gasteiger partial charge in [0.05, 0.1) is 19.9 Å². The normalized spacial score (nSPS) is 10.2. The summed E-state index contributed by atoms with van der Waals surface area (Å²) in [5.74, 6) is 1.28. The molecule has 0 aliphatic rings. The molecular weight excluding hydrogens is 344 g/mol. The summed E-state index contributed by atoms with van der Waals surface area (Å²) in [7, 11) is 3.09. The topological polar surface area (TPSA) is 85.4 Å². The third-order valence-electron chi connectivity index (χ3n) is 3.88. The maximum Gasteiger partial charge on any atom is 0.274 e. The van der Waals surface area contributed by atoms with Gasteiger partial charge in [-0.15, -0.1) is 0 Å². The van der Waals surface area contributed by atoms with E-state index in [1.165, 1.54) is 13.4 Å². The summed E-state index contributed by atoms with van der Waals surface area (Å²) in [5, 5.41) is 5.94. The maximum absolute atomic E-state index is 12.6. The predicted molar refractivity (Wildman–Crippen MR) is 104 cm³/mol. The fourth-order valence-corrected chi connectivity index (χ4v) is 2.43. The summed E-state index contributed by atoms with van der Waals surface area (Å²) < 4.78 is 10.5. The zero-order valence-electron chi connectivity index (χ0n) is 15.3. The Balaban J connectivity index is 1.78. The number of amides is 1. The fraction of sp³-hybridized carbons (Fsp3) is 0.150. The van der Waals surface area contributed by atoms with Gasteiger partial charge >= 0.3 is 0 Å². The molecule has 0 saturated heterocycles. The standard InChI is InChI=1S/C20H20N4O3/c1-13-4-6-14(7-5-13)23-19-11-17(21-12-22-19)20(25)24-16-10-15(26-2)8-9-18(16)27-3/h4-12H,1-3H3,(H,24,25)(H,21,22,23). The van der Waals surface area contributed by atoms with Crippen molar-refractivity contribution in [3.63, 3.8) is 0 Å². The molecule has 2 N–H and O–H groups in total. The first-order chi connectivity index (χ1) is 13.1. The Labute approximate surface area is 157 Å². The molecule has 0 aliphatic heterocycles. The lowest BCUT2D eigenvalue weighted by Gasteiger charge is -2.12. The Bertz CT molecular complexity index is 942. The van der Waals surface area contributed by atoms with E-state index in [-0.39, 0.29) is 11.6 Å². The van der Waals surface area contributed by atoms with Crippen LogP contribution in [0.4, 0.5) is 17.2 Å². The molecule has 27 heavy (non-hydrogen) atoms. The van der Waals surface area contributed by atoms with Crippen molar-refractivity contribution in [1.82, 2.24) is 9.97 Å². The highest BCUT2D eigenvalue weighted by Crippen LogP contribution is 2.29. The average Bonchev–Trinajstić information content (AvgIpc) is 2.70. The van der Waals surface area contributed by atoms with E-state index >= 15 is 0 Å². The molecule has 7 heteroatoms. The second-order valence-electron chi connectivity index (χ2n) is 5.80. The number of nitrogens with one attached hydrogen (secondary N) is 2. The van der Waals surface area contributed by atoms with Gasteiger partial charge in [0.15, 0.2) is 0 Å². The van der Waals surface area contributed by atoms with Gasteiger partial charge in [-0.05, 0) is 31.2 Å². The highest BCUT2D eigenvalue weighted by Gasteiger charge is 2.13. The minimum absolute atomic E-state index is 0.226. The van der Waals surface area contributed by atoms with E-state index in [2.05, 4.69) is 20.6 Å². The van der Waals surface area contributed by atoms with Crippen molar-refractivity contribution in [3.8, 4) is 11.5 Å². The number of methoxy groups -OCH3 is 2. The zero-order valence-corrected chi connectivity index (χ0v) is 15.3. The molecule has 0 spiro atoms. The Hall–Kier alpha value is -3.61. The van der Waals surface area contributed by atoms with Crippen LogP contribution in [0.3, 0.4) is 0 Å². The third kappa shape index (κ3) is 4.52. The van der Waals surface area contributed by atoms with Crippen LogP contribution in [0.1, 0.15) is 16.1 Å². The van der Waals surface area contributed by atoms with Crippen molar-refractivity contribution in [2.24, 2.45) is 0 Å². The molecule has 0 bridgehead atoms. The molecule has 1 amide bonds. The van der Waals surface area contributed by atoms with Gasteiger partial charge in [-0.2, -0.15) is 0 Å². The van der Waals surface area contributed by atoms with Crippen molar-refractivity contribution >= 4 is 23.1 Å².